The van der Waals surface area contributed by atoms with Crippen molar-refractivity contribution < 1.29 is 24.2 Å². The van der Waals surface area contributed by atoms with E-state index in [1.54, 1.807) is 24.3 Å². The van der Waals surface area contributed by atoms with Gasteiger partial charge < -0.3 is 25.4 Å². The molecular weight excluding hydrogens is 514 g/mol. The van der Waals surface area contributed by atoms with Crippen LogP contribution in [0.3, 0.4) is 0 Å². The predicted molar refractivity (Wildman–Crippen MR) is 127 cm³/mol. The van der Waals surface area contributed by atoms with Crippen molar-refractivity contribution in [3.8, 4) is 0 Å². The molecule has 0 aliphatic carbocycles. The summed E-state index contributed by atoms with van der Waals surface area (Å²) in [6.07, 6.45) is 0.611. The van der Waals surface area contributed by atoms with Gasteiger partial charge in [0.05, 0.1) is 30.6 Å². The SMILES string of the molecule is CC[C@H](C)[C@H](CO)N1C(=O)[C@@H]2[C@@H](C(=O)NC)[C@@H]3OC2(CC3Br)C1C(=O)Nc1ccc(Cl)cc1. The van der Waals surface area contributed by atoms with Gasteiger partial charge in [-0.05, 0) is 36.6 Å². The van der Waals surface area contributed by atoms with Gasteiger partial charge in [0.25, 0.3) is 0 Å². The highest BCUT2D eigenvalue weighted by atomic mass is 79.9. The quantitative estimate of drug-likeness (QED) is 0.458. The fraction of sp³-hybridized carbons (Fsp3) is 0.609. The van der Waals surface area contributed by atoms with Crippen molar-refractivity contribution in [2.75, 3.05) is 19.0 Å². The molecule has 3 fully saturated rings. The van der Waals surface area contributed by atoms with Crippen molar-refractivity contribution >= 4 is 50.9 Å². The van der Waals surface area contributed by atoms with Crippen molar-refractivity contribution in [2.45, 2.75) is 55.3 Å². The third-order valence-electron chi connectivity index (χ3n) is 7.48. The Morgan fingerprint density at radius 1 is 1.33 bits per heavy atom. The van der Waals surface area contributed by atoms with E-state index in [9.17, 15) is 19.5 Å². The lowest BCUT2D eigenvalue weighted by atomic mass is 9.70. The standard InChI is InChI=1S/C23H29BrClN3O5/c1-4-11(2)15(10-29)28-19(21(31)27-13-7-5-12(25)6-8-13)23-9-14(24)18(33-23)16(20(30)26-3)17(23)22(28)32/h5-8,11,14-19,29H,4,9-10H2,1-3H3,(H,26,30)(H,27,31)/t11-,14?,15-,16+,17-,18+,19?,23?/m0/s1. The molecule has 0 saturated carbocycles. The van der Waals surface area contributed by atoms with Crippen LogP contribution in [-0.4, -0.2) is 70.0 Å². The maximum atomic E-state index is 13.9. The molecule has 1 aromatic rings. The van der Waals surface area contributed by atoms with E-state index in [4.69, 9.17) is 16.3 Å². The van der Waals surface area contributed by atoms with Gasteiger partial charge in [-0.1, -0.05) is 47.8 Å². The Bertz CT molecular complexity index is 947. The molecule has 3 N–H and O–H groups in total. The van der Waals surface area contributed by atoms with Crippen LogP contribution in [0.4, 0.5) is 5.69 Å². The van der Waals surface area contributed by atoms with Gasteiger partial charge in [0.1, 0.15) is 11.6 Å². The van der Waals surface area contributed by atoms with Gasteiger partial charge in [-0.25, -0.2) is 0 Å². The van der Waals surface area contributed by atoms with Gasteiger partial charge in [0.2, 0.25) is 17.7 Å². The molecule has 1 spiro atoms. The number of benzene rings is 1. The molecule has 3 aliphatic rings. The summed E-state index contributed by atoms with van der Waals surface area (Å²) in [6.45, 7) is 3.62. The number of carbonyl (C=O) groups is 3. The van der Waals surface area contributed by atoms with Crippen molar-refractivity contribution in [1.29, 1.82) is 0 Å². The molecule has 8 nitrogen and oxygen atoms in total. The van der Waals surface area contributed by atoms with Crippen LogP contribution in [-0.2, 0) is 19.1 Å². The largest absolute Gasteiger partial charge is 0.394 e. The molecule has 2 bridgehead atoms. The van der Waals surface area contributed by atoms with Crippen LogP contribution >= 0.6 is 27.5 Å². The minimum atomic E-state index is -1.16. The van der Waals surface area contributed by atoms with E-state index in [1.807, 2.05) is 13.8 Å². The summed E-state index contributed by atoms with van der Waals surface area (Å²) in [7, 11) is 1.53. The highest BCUT2D eigenvalue weighted by Gasteiger charge is 2.77. The number of nitrogens with one attached hydrogen (secondary N) is 2. The van der Waals surface area contributed by atoms with Gasteiger partial charge in [0.15, 0.2) is 0 Å². The molecule has 3 saturated heterocycles. The lowest BCUT2D eigenvalue weighted by molar-refractivity contribution is -0.145. The molecule has 1 aromatic carbocycles. The number of hydrogen-bond acceptors (Lipinski definition) is 5. The molecule has 10 heteroatoms. The van der Waals surface area contributed by atoms with Crippen LogP contribution < -0.4 is 10.6 Å². The molecule has 3 aliphatic heterocycles. The number of rotatable bonds is 7. The number of anilines is 1. The first-order chi connectivity index (χ1) is 15.7. The van der Waals surface area contributed by atoms with Crippen LogP contribution in [0.2, 0.25) is 5.02 Å². The average molecular weight is 543 g/mol. The van der Waals surface area contributed by atoms with Crippen molar-refractivity contribution in [3.05, 3.63) is 29.3 Å². The number of ether oxygens (including phenoxy) is 1. The fourth-order valence-corrected chi connectivity index (χ4v) is 6.82. The summed E-state index contributed by atoms with van der Waals surface area (Å²) in [5, 5.41) is 16.3. The van der Waals surface area contributed by atoms with E-state index < -0.39 is 41.5 Å². The number of aliphatic hydroxyl groups excluding tert-OH is 1. The summed E-state index contributed by atoms with van der Waals surface area (Å²) >= 11 is 9.59. The van der Waals surface area contributed by atoms with Crippen LogP contribution in [0.15, 0.2) is 24.3 Å². The Balaban J connectivity index is 1.79. The number of amides is 3. The van der Waals surface area contributed by atoms with Crippen LogP contribution in [0.1, 0.15) is 26.7 Å². The Morgan fingerprint density at radius 2 is 2.00 bits per heavy atom. The molecule has 3 heterocycles. The topological polar surface area (TPSA) is 108 Å². The molecule has 33 heavy (non-hydrogen) atoms. The van der Waals surface area contributed by atoms with Gasteiger partial charge in [0, 0.05) is 22.6 Å². The highest BCUT2D eigenvalue weighted by Crippen LogP contribution is 2.60. The number of halogens is 2. The second-order valence-corrected chi connectivity index (χ2v) is 10.8. The van der Waals surface area contributed by atoms with Crippen LogP contribution in [0.5, 0.6) is 0 Å². The first-order valence-electron chi connectivity index (χ1n) is 11.2. The predicted octanol–water partition coefficient (Wildman–Crippen LogP) is 2.18. The molecular formula is C23H29BrClN3O5. The van der Waals surface area contributed by atoms with Crippen LogP contribution in [0, 0.1) is 17.8 Å². The smallest absolute Gasteiger partial charge is 0.250 e. The third-order valence-corrected chi connectivity index (χ3v) is 8.58. The zero-order valence-electron chi connectivity index (χ0n) is 18.8. The van der Waals surface area contributed by atoms with Gasteiger partial charge in [-0.3, -0.25) is 14.4 Å². The second-order valence-electron chi connectivity index (χ2n) is 9.15. The number of likely N-dealkylation sites (tertiary alicyclic amines) is 1. The fourth-order valence-electron chi connectivity index (χ4n) is 5.75. The van der Waals surface area contributed by atoms with Crippen molar-refractivity contribution in [3.63, 3.8) is 0 Å². The Morgan fingerprint density at radius 3 is 2.58 bits per heavy atom. The number of alkyl halides is 1. The maximum Gasteiger partial charge on any atom is 0.250 e. The maximum absolute atomic E-state index is 13.9. The normalized spacial score (nSPS) is 34.2. The van der Waals surface area contributed by atoms with E-state index in [0.717, 1.165) is 0 Å². The van der Waals surface area contributed by atoms with Crippen LogP contribution in [0.25, 0.3) is 0 Å². The first-order valence-corrected chi connectivity index (χ1v) is 12.5. The lowest BCUT2D eigenvalue weighted by Crippen LogP contribution is -2.57. The van der Waals surface area contributed by atoms with E-state index in [0.29, 0.717) is 23.6 Å². The van der Waals surface area contributed by atoms with Gasteiger partial charge >= 0.3 is 0 Å². The lowest BCUT2D eigenvalue weighted by Gasteiger charge is -2.38. The van der Waals surface area contributed by atoms with Gasteiger partial charge in [-0.2, -0.15) is 0 Å². The number of fused-ring (bicyclic) bond motifs is 1. The zero-order chi connectivity index (χ0) is 24.1. The molecule has 3 amide bonds. The zero-order valence-corrected chi connectivity index (χ0v) is 21.1. The van der Waals surface area contributed by atoms with E-state index in [-0.39, 0.29) is 29.2 Å². The molecule has 8 atom stereocenters. The average Bonchev–Trinajstić information content (AvgIpc) is 3.39. The highest BCUT2D eigenvalue weighted by molar-refractivity contribution is 9.09. The molecule has 0 aromatic heterocycles. The Labute approximate surface area is 206 Å². The van der Waals surface area contributed by atoms with Gasteiger partial charge in [-0.15, -0.1) is 0 Å². The third kappa shape index (κ3) is 3.77. The van der Waals surface area contributed by atoms with E-state index >= 15 is 0 Å². The van der Waals surface area contributed by atoms with Crippen molar-refractivity contribution in [2.24, 2.45) is 17.8 Å². The summed E-state index contributed by atoms with van der Waals surface area (Å²) in [5.74, 6) is -2.58. The first kappa shape index (κ1) is 24.4. The second kappa shape index (κ2) is 9.17. The van der Waals surface area contributed by atoms with Crippen molar-refractivity contribution in [1.82, 2.24) is 10.2 Å². The Hall–Kier alpha value is -1.68. The monoisotopic (exact) mass is 541 g/mol. The minimum absolute atomic E-state index is 0.0598. The number of aliphatic hydroxyl groups is 1. The van der Waals surface area contributed by atoms with E-state index in [1.165, 1.54) is 11.9 Å². The summed E-state index contributed by atoms with van der Waals surface area (Å²) < 4.78 is 6.40. The number of carbonyl (C=O) groups excluding carboxylic acids is 3. The summed E-state index contributed by atoms with van der Waals surface area (Å²) in [6, 6.07) is 5.13. The van der Waals surface area contributed by atoms with E-state index in [2.05, 4.69) is 26.6 Å². The minimum Gasteiger partial charge on any atom is -0.394 e. The number of nitrogens with zero attached hydrogens (tertiary/aromatic N) is 1. The Kier molecular flexibility index (Phi) is 6.79. The molecule has 180 valence electrons. The number of hydrogen-bond donors (Lipinski definition) is 3. The summed E-state index contributed by atoms with van der Waals surface area (Å²) in [4.78, 5) is 41.8. The molecule has 3 unspecified atom stereocenters. The summed E-state index contributed by atoms with van der Waals surface area (Å²) in [5.41, 5.74) is -0.628. The molecule has 4 rings (SSSR count). The molecule has 0 radical (unpaired) electrons.